The Morgan fingerprint density at radius 2 is 2.24 bits per heavy atom. The number of hydrogen-bond acceptors (Lipinski definition) is 5. The molecule has 172 valence electrons. The van der Waals surface area contributed by atoms with E-state index in [-0.39, 0.29) is 36.0 Å². The lowest BCUT2D eigenvalue weighted by atomic mass is 9.92. The van der Waals surface area contributed by atoms with Gasteiger partial charge in [0, 0.05) is 29.9 Å². The number of ether oxygens (including phenoxy) is 1. The molecule has 33 heavy (non-hydrogen) atoms. The predicted octanol–water partition coefficient (Wildman–Crippen LogP) is 1.56. The van der Waals surface area contributed by atoms with Gasteiger partial charge in [0.05, 0.1) is 13.2 Å². The second-order valence-corrected chi connectivity index (χ2v) is 9.22. The minimum absolute atomic E-state index is 0.0649. The van der Waals surface area contributed by atoms with Crippen LogP contribution in [0.3, 0.4) is 0 Å². The van der Waals surface area contributed by atoms with E-state index in [0.29, 0.717) is 36.9 Å². The number of benzene rings is 1. The predicted molar refractivity (Wildman–Crippen MR) is 119 cm³/mol. The van der Waals surface area contributed by atoms with Crippen molar-refractivity contribution >= 4 is 28.6 Å². The van der Waals surface area contributed by atoms with E-state index >= 15 is 0 Å². The van der Waals surface area contributed by atoms with E-state index in [0.717, 1.165) is 23.7 Å². The molecular weight excluding hydrogens is 422 g/mol. The topological polar surface area (TPSA) is 127 Å². The Hall–Kier alpha value is -3.54. The van der Waals surface area contributed by atoms with Crippen LogP contribution >= 0.6 is 0 Å². The maximum atomic E-state index is 13.4. The molecule has 2 aromatic rings. The molecule has 3 heterocycles. The van der Waals surface area contributed by atoms with Crippen molar-refractivity contribution in [2.75, 3.05) is 20.2 Å². The van der Waals surface area contributed by atoms with Crippen LogP contribution in [0.25, 0.3) is 10.9 Å². The van der Waals surface area contributed by atoms with Gasteiger partial charge in [-0.1, -0.05) is 6.07 Å². The molecule has 1 saturated carbocycles. The molecule has 3 aliphatic rings. The summed E-state index contributed by atoms with van der Waals surface area (Å²) in [5, 5.41) is 16.0. The number of H-pyrrole nitrogens is 1. The summed E-state index contributed by atoms with van der Waals surface area (Å²) in [4.78, 5) is 43.4. The molecule has 5 atom stereocenters. The Bertz CT molecular complexity index is 1150. The molecule has 3 N–H and O–H groups in total. The average Bonchev–Trinajstić information content (AvgIpc) is 3.27. The highest BCUT2D eigenvalue weighted by molar-refractivity contribution is 6.02. The highest BCUT2D eigenvalue weighted by Gasteiger charge is 2.57. The molecule has 0 bridgehead atoms. The van der Waals surface area contributed by atoms with Crippen LogP contribution in [0.1, 0.15) is 36.2 Å². The van der Waals surface area contributed by atoms with Crippen LogP contribution in [0.15, 0.2) is 24.3 Å². The maximum absolute atomic E-state index is 13.4. The molecule has 9 nitrogen and oxygen atoms in total. The summed E-state index contributed by atoms with van der Waals surface area (Å²) in [7, 11) is 1.58. The standard InChI is InChI=1S/C24H27N5O4/c1-33-20-6-2-5-18-17(20)10-19(28-18)24(32)29-12-14-9-16(14)21(29)23(31)27-15(11-25)8-13-4-3-7-26-22(13)30/h2,5-6,10,13-16,21,28H,3-4,7-9,12H2,1H3,(H,26,30)(H,27,31)/t13-,14-,15?,16-,21-/m0/s1. The molecule has 1 unspecified atom stereocenters. The Morgan fingerprint density at radius 3 is 3.00 bits per heavy atom. The Morgan fingerprint density at radius 1 is 1.39 bits per heavy atom. The Balaban J connectivity index is 1.31. The van der Waals surface area contributed by atoms with Gasteiger partial charge >= 0.3 is 0 Å². The number of hydrogen-bond donors (Lipinski definition) is 3. The number of nitriles is 1. The van der Waals surface area contributed by atoms with Gasteiger partial charge < -0.3 is 25.3 Å². The first-order valence-corrected chi connectivity index (χ1v) is 11.4. The number of aromatic amines is 1. The van der Waals surface area contributed by atoms with Gasteiger partial charge in [-0.15, -0.1) is 0 Å². The van der Waals surface area contributed by atoms with Gasteiger partial charge in [-0.3, -0.25) is 14.4 Å². The molecular formula is C24H27N5O4. The van der Waals surface area contributed by atoms with Gasteiger partial charge in [0.25, 0.3) is 5.91 Å². The van der Waals surface area contributed by atoms with E-state index in [2.05, 4.69) is 21.7 Å². The number of amides is 3. The van der Waals surface area contributed by atoms with Crippen LogP contribution in [-0.2, 0) is 9.59 Å². The molecule has 3 amide bonds. The molecule has 0 radical (unpaired) electrons. The van der Waals surface area contributed by atoms with E-state index in [1.807, 2.05) is 18.2 Å². The number of piperidine rings is 2. The lowest BCUT2D eigenvalue weighted by Gasteiger charge is -2.28. The summed E-state index contributed by atoms with van der Waals surface area (Å²) in [5.74, 6) is 0.207. The van der Waals surface area contributed by atoms with Gasteiger partial charge in [-0.2, -0.15) is 5.26 Å². The monoisotopic (exact) mass is 449 g/mol. The van der Waals surface area contributed by atoms with Crippen molar-refractivity contribution < 1.29 is 19.1 Å². The first kappa shape index (κ1) is 21.3. The summed E-state index contributed by atoms with van der Waals surface area (Å²) in [6.07, 6.45) is 2.77. The van der Waals surface area contributed by atoms with Crippen molar-refractivity contribution in [1.29, 1.82) is 5.26 Å². The van der Waals surface area contributed by atoms with Crippen molar-refractivity contribution in [3.63, 3.8) is 0 Å². The number of aromatic nitrogens is 1. The molecule has 0 spiro atoms. The molecule has 1 aromatic heterocycles. The molecule has 1 aliphatic carbocycles. The van der Waals surface area contributed by atoms with Gasteiger partial charge in [0.15, 0.2) is 0 Å². The third-order valence-corrected chi connectivity index (χ3v) is 7.15. The second-order valence-electron chi connectivity index (χ2n) is 9.22. The van der Waals surface area contributed by atoms with Crippen LogP contribution < -0.4 is 15.4 Å². The van der Waals surface area contributed by atoms with E-state index in [1.165, 1.54) is 0 Å². The second kappa shape index (κ2) is 8.43. The molecule has 3 fully saturated rings. The van der Waals surface area contributed by atoms with E-state index in [9.17, 15) is 19.6 Å². The van der Waals surface area contributed by atoms with Gasteiger partial charge in [-0.25, -0.2) is 0 Å². The van der Waals surface area contributed by atoms with Crippen LogP contribution in [0.5, 0.6) is 5.75 Å². The summed E-state index contributed by atoms with van der Waals surface area (Å²) < 4.78 is 5.39. The molecule has 9 heteroatoms. The summed E-state index contributed by atoms with van der Waals surface area (Å²) in [5.41, 5.74) is 1.20. The van der Waals surface area contributed by atoms with Crippen molar-refractivity contribution in [3.05, 3.63) is 30.0 Å². The lowest BCUT2D eigenvalue weighted by molar-refractivity contribution is -0.129. The quantitative estimate of drug-likeness (QED) is 0.617. The highest BCUT2D eigenvalue weighted by Crippen LogP contribution is 2.50. The normalized spacial score (nSPS) is 26.8. The number of nitrogens with zero attached hydrogens (tertiary/aromatic N) is 2. The zero-order valence-corrected chi connectivity index (χ0v) is 18.5. The zero-order valence-electron chi connectivity index (χ0n) is 18.5. The van der Waals surface area contributed by atoms with Crippen molar-refractivity contribution in [1.82, 2.24) is 20.5 Å². The van der Waals surface area contributed by atoms with Crippen molar-refractivity contribution in [2.24, 2.45) is 17.8 Å². The number of carbonyl (C=O) groups is 3. The smallest absolute Gasteiger partial charge is 0.271 e. The molecule has 2 saturated heterocycles. The number of nitrogens with one attached hydrogen (secondary N) is 3. The number of methoxy groups -OCH3 is 1. The van der Waals surface area contributed by atoms with E-state index in [1.54, 1.807) is 18.1 Å². The van der Waals surface area contributed by atoms with Crippen LogP contribution in [0.4, 0.5) is 0 Å². The minimum atomic E-state index is -0.765. The lowest BCUT2D eigenvalue weighted by Crippen LogP contribution is -2.51. The fourth-order valence-electron chi connectivity index (χ4n) is 5.33. The zero-order chi connectivity index (χ0) is 23.1. The third kappa shape index (κ3) is 3.90. The highest BCUT2D eigenvalue weighted by atomic mass is 16.5. The fourth-order valence-corrected chi connectivity index (χ4v) is 5.33. The van der Waals surface area contributed by atoms with Crippen molar-refractivity contribution in [3.8, 4) is 11.8 Å². The number of fused-ring (bicyclic) bond motifs is 2. The summed E-state index contributed by atoms with van der Waals surface area (Å²) >= 11 is 0. The first-order chi connectivity index (χ1) is 16.0. The fraction of sp³-hybridized carbons (Fsp3) is 0.500. The average molecular weight is 450 g/mol. The number of carbonyl (C=O) groups excluding carboxylic acids is 3. The van der Waals surface area contributed by atoms with Gasteiger partial charge in [0.2, 0.25) is 11.8 Å². The van der Waals surface area contributed by atoms with Crippen LogP contribution in [0, 0.1) is 29.1 Å². The minimum Gasteiger partial charge on any atom is -0.496 e. The maximum Gasteiger partial charge on any atom is 0.271 e. The number of likely N-dealkylation sites (tertiary alicyclic amines) is 1. The number of rotatable bonds is 6. The van der Waals surface area contributed by atoms with Gasteiger partial charge in [-0.05, 0) is 55.7 Å². The van der Waals surface area contributed by atoms with Crippen molar-refractivity contribution in [2.45, 2.75) is 37.8 Å². The first-order valence-electron chi connectivity index (χ1n) is 11.4. The molecule has 1 aromatic carbocycles. The summed E-state index contributed by atoms with van der Waals surface area (Å²) in [6.45, 7) is 1.18. The SMILES string of the molecule is COc1cccc2[nH]c(C(=O)N3C[C@@H]4C[C@@H]4[C@H]3C(=O)NC(C#N)C[C@@H]3CCCNC3=O)cc12. The van der Waals surface area contributed by atoms with E-state index < -0.39 is 12.1 Å². The molecule has 2 aliphatic heterocycles. The Kier molecular flexibility index (Phi) is 5.44. The molecule has 5 rings (SSSR count). The van der Waals surface area contributed by atoms with Crippen LogP contribution in [0.2, 0.25) is 0 Å². The van der Waals surface area contributed by atoms with Crippen LogP contribution in [-0.4, -0.2) is 59.9 Å². The summed E-state index contributed by atoms with van der Waals surface area (Å²) in [6, 6.07) is 8.07. The van der Waals surface area contributed by atoms with E-state index in [4.69, 9.17) is 4.74 Å². The largest absolute Gasteiger partial charge is 0.496 e. The Labute approximate surface area is 191 Å². The third-order valence-electron chi connectivity index (χ3n) is 7.15. The van der Waals surface area contributed by atoms with Gasteiger partial charge in [0.1, 0.15) is 23.5 Å².